The number of anilines is 1. The third-order valence-corrected chi connectivity index (χ3v) is 4.75. The minimum absolute atomic E-state index is 0.106. The Morgan fingerprint density at radius 1 is 1.04 bits per heavy atom. The molecule has 0 aliphatic heterocycles. The summed E-state index contributed by atoms with van der Waals surface area (Å²) in [6.07, 6.45) is 5.97. The Hall–Kier alpha value is -2.67. The summed E-state index contributed by atoms with van der Waals surface area (Å²) in [6, 6.07) is 9.29. The van der Waals surface area contributed by atoms with E-state index in [9.17, 15) is 8.42 Å². The van der Waals surface area contributed by atoms with Crippen LogP contribution in [0.1, 0.15) is 11.1 Å². The van der Waals surface area contributed by atoms with Gasteiger partial charge in [0.15, 0.2) is 0 Å². The van der Waals surface area contributed by atoms with E-state index in [2.05, 4.69) is 14.8 Å². The smallest absolute Gasteiger partial charge is 0.265 e. The summed E-state index contributed by atoms with van der Waals surface area (Å²) in [6.45, 7) is 3.78. The maximum absolute atomic E-state index is 12.5. The number of sulfonamides is 1. The van der Waals surface area contributed by atoms with Crippen LogP contribution in [0.2, 0.25) is 0 Å². The average Bonchev–Trinajstić information content (AvgIpc) is 3.01. The molecule has 3 aromatic rings. The highest BCUT2D eigenvalue weighted by Crippen LogP contribution is 2.19. The summed E-state index contributed by atoms with van der Waals surface area (Å²) >= 11 is 0. The van der Waals surface area contributed by atoms with Crippen LogP contribution in [-0.4, -0.2) is 23.2 Å². The van der Waals surface area contributed by atoms with Crippen molar-refractivity contribution >= 4 is 15.7 Å². The highest BCUT2D eigenvalue weighted by atomic mass is 32.2. The number of rotatable bonds is 4. The van der Waals surface area contributed by atoms with Crippen molar-refractivity contribution in [1.82, 2.24) is 14.8 Å². The molecule has 0 fully saturated rings. The van der Waals surface area contributed by atoms with Crippen LogP contribution in [-0.2, 0) is 10.0 Å². The van der Waals surface area contributed by atoms with Crippen molar-refractivity contribution in [3.8, 4) is 5.69 Å². The van der Waals surface area contributed by atoms with Crippen LogP contribution in [0.5, 0.6) is 0 Å². The Balaban J connectivity index is 1.90. The van der Waals surface area contributed by atoms with E-state index in [1.807, 2.05) is 31.2 Å². The molecule has 118 valence electrons. The summed E-state index contributed by atoms with van der Waals surface area (Å²) in [4.78, 5) is 4.05. The lowest BCUT2D eigenvalue weighted by atomic mass is 10.2. The third kappa shape index (κ3) is 3.24. The van der Waals surface area contributed by atoms with Crippen LogP contribution in [0.4, 0.5) is 5.69 Å². The van der Waals surface area contributed by atoms with Gasteiger partial charge in [0.2, 0.25) is 0 Å². The molecule has 0 unspecified atom stereocenters. The second kappa shape index (κ2) is 5.85. The number of aryl methyl sites for hydroxylation is 2. The standard InChI is InChI=1S/C16H16N4O2S/c1-12-3-5-14(6-4-12)20-11-15(10-18-20)23(21,22)19-16-7-8-17-9-13(16)2/h3-11H,1-2H3,(H,17,19). The Labute approximate surface area is 134 Å². The van der Waals surface area contributed by atoms with E-state index in [0.29, 0.717) is 5.69 Å². The minimum atomic E-state index is -3.69. The van der Waals surface area contributed by atoms with Gasteiger partial charge in [-0.2, -0.15) is 5.10 Å². The Morgan fingerprint density at radius 3 is 2.48 bits per heavy atom. The van der Waals surface area contributed by atoms with Crippen LogP contribution in [0.25, 0.3) is 5.69 Å². The van der Waals surface area contributed by atoms with Gasteiger partial charge in [0.25, 0.3) is 10.0 Å². The summed E-state index contributed by atoms with van der Waals surface area (Å²) in [5.74, 6) is 0. The van der Waals surface area contributed by atoms with Crippen LogP contribution in [0.15, 0.2) is 60.0 Å². The molecule has 0 spiro atoms. The first kappa shape index (κ1) is 15.2. The molecule has 0 aliphatic rings. The van der Waals surface area contributed by atoms with Crippen molar-refractivity contribution in [2.45, 2.75) is 18.7 Å². The molecule has 0 atom stereocenters. The number of aromatic nitrogens is 3. The highest BCUT2D eigenvalue weighted by molar-refractivity contribution is 7.92. The molecule has 0 aliphatic carbocycles. The lowest BCUT2D eigenvalue weighted by Crippen LogP contribution is -2.13. The quantitative estimate of drug-likeness (QED) is 0.799. The number of hydrogen-bond donors (Lipinski definition) is 1. The second-order valence-corrected chi connectivity index (χ2v) is 6.93. The van der Waals surface area contributed by atoms with Gasteiger partial charge in [0, 0.05) is 12.4 Å². The SMILES string of the molecule is Cc1ccc(-n2cc(S(=O)(=O)Nc3ccncc3C)cn2)cc1. The molecule has 7 heteroatoms. The van der Waals surface area contributed by atoms with E-state index < -0.39 is 10.0 Å². The van der Waals surface area contributed by atoms with Gasteiger partial charge < -0.3 is 0 Å². The molecule has 0 saturated heterocycles. The monoisotopic (exact) mass is 328 g/mol. The molecule has 0 amide bonds. The normalized spacial score (nSPS) is 11.4. The van der Waals surface area contributed by atoms with Crippen molar-refractivity contribution in [3.63, 3.8) is 0 Å². The Kier molecular flexibility index (Phi) is 3.87. The van der Waals surface area contributed by atoms with Crippen molar-refractivity contribution in [2.24, 2.45) is 0 Å². The zero-order valence-electron chi connectivity index (χ0n) is 12.8. The zero-order chi connectivity index (χ0) is 16.4. The summed E-state index contributed by atoms with van der Waals surface area (Å²) in [5.41, 5.74) is 3.19. The first-order valence-electron chi connectivity index (χ1n) is 7.01. The number of nitrogens with one attached hydrogen (secondary N) is 1. The summed E-state index contributed by atoms with van der Waals surface area (Å²) < 4.78 is 29.0. The highest BCUT2D eigenvalue weighted by Gasteiger charge is 2.18. The molecule has 0 saturated carbocycles. The van der Waals surface area contributed by atoms with Gasteiger partial charge in [-0.3, -0.25) is 9.71 Å². The van der Waals surface area contributed by atoms with Crippen molar-refractivity contribution in [1.29, 1.82) is 0 Å². The molecule has 1 N–H and O–H groups in total. The maximum atomic E-state index is 12.5. The van der Waals surface area contributed by atoms with Gasteiger partial charge in [-0.25, -0.2) is 13.1 Å². The minimum Gasteiger partial charge on any atom is -0.279 e. The van der Waals surface area contributed by atoms with E-state index in [-0.39, 0.29) is 4.90 Å². The van der Waals surface area contributed by atoms with E-state index >= 15 is 0 Å². The molecule has 2 heterocycles. The molecule has 2 aromatic heterocycles. The van der Waals surface area contributed by atoms with Crippen LogP contribution >= 0.6 is 0 Å². The lowest BCUT2D eigenvalue weighted by Gasteiger charge is -2.08. The maximum Gasteiger partial charge on any atom is 0.265 e. The Bertz CT molecular complexity index is 931. The van der Waals surface area contributed by atoms with Gasteiger partial charge >= 0.3 is 0 Å². The van der Waals surface area contributed by atoms with Gasteiger partial charge in [0.05, 0.1) is 23.8 Å². The summed E-state index contributed by atoms with van der Waals surface area (Å²) in [7, 11) is -3.69. The van der Waals surface area contributed by atoms with Crippen LogP contribution < -0.4 is 4.72 Å². The van der Waals surface area contributed by atoms with Crippen LogP contribution in [0.3, 0.4) is 0 Å². The number of hydrogen-bond acceptors (Lipinski definition) is 4. The Morgan fingerprint density at radius 2 is 1.78 bits per heavy atom. The molecule has 0 radical (unpaired) electrons. The largest absolute Gasteiger partial charge is 0.279 e. The van der Waals surface area contributed by atoms with Crippen molar-refractivity contribution < 1.29 is 8.42 Å². The van der Waals surface area contributed by atoms with Crippen molar-refractivity contribution in [2.75, 3.05) is 4.72 Å². The molecule has 6 nitrogen and oxygen atoms in total. The fraction of sp³-hybridized carbons (Fsp3) is 0.125. The molecular weight excluding hydrogens is 312 g/mol. The predicted molar refractivity (Wildman–Crippen MR) is 88.1 cm³/mol. The van der Waals surface area contributed by atoms with Gasteiger partial charge in [-0.05, 0) is 37.6 Å². The lowest BCUT2D eigenvalue weighted by molar-refractivity contribution is 0.601. The topological polar surface area (TPSA) is 76.9 Å². The fourth-order valence-corrected chi connectivity index (χ4v) is 3.14. The predicted octanol–water partition coefficient (Wildman–Crippen LogP) is 2.68. The number of pyridine rings is 1. The fourth-order valence-electron chi connectivity index (χ4n) is 2.08. The van der Waals surface area contributed by atoms with Gasteiger partial charge in [-0.15, -0.1) is 0 Å². The second-order valence-electron chi connectivity index (χ2n) is 5.25. The molecule has 3 rings (SSSR count). The summed E-state index contributed by atoms with van der Waals surface area (Å²) in [5, 5.41) is 4.13. The van der Waals surface area contributed by atoms with E-state index in [4.69, 9.17) is 0 Å². The van der Waals surface area contributed by atoms with E-state index in [1.165, 1.54) is 17.1 Å². The molecule has 23 heavy (non-hydrogen) atoms. The van der Waals surface area contributed by atoms with Gasteiger partial charge in [0.1, 0.15) is 4.90 Å². The molecular formula is C16H16N4O2S. The first-order valence-corrected chi connectivity index (χ1v) is 8.49. The van der Waals surface area contributed by atoms with E-state index in [0.717, 1.165) is 16.8 Å². The molecule has 0 bridgehead atoms. The van der Waals surface area contributed by atoms with Crippen LogP contribution in [0, 0.1) is 13.8 Å². The van der Waals surface area contributed by atoms with Gasteiger partial charge in [-0.1, -0.05) is 17.7 Å². The van der Waals surface area contributed by atoms with Crippen molar-refractivity contribution in [3.05, 3.63) is 66.2 Å². The number of benzene rings is 1. The third-order valence-electron chi connectivity index (χ3n) is 3.43. The first-order chi connectivity index (χ1) is 11.0. The number of nitrogens with zero attached hydrogens (tertiary/aromatic N) is 3. The zero-order valence-corrected chi connectivity index (χ0v) is 13.6. The molecule has 1 aromatic carbocycles. The average molecular weight is 328 g/mol. The van der Waals surface area contributed by atoms with E-state index in [1.54, 1.807) is 25.4 Å².